The van der Waals surface area contributed by atoms with Gasteiger partial charge in [0.05, 0.1) is 25.2 Å². The molecule has 1 aliphatic rings. The van der Waals surface area contributed by atoms with Crippen molar-refractivity contribution < 1.29 is 14.6 Å². The van der Waals surface area contributed by atoms with Gasteiger partial charge in [-0.25, -0.2) is 4.79 Å². The molecule has 1 aromatic carbocycles. The summed E-state index contributed by atoms with van der Waals surface area (Å²) in [6, 6.07) is 5.75. The molecular formula is C16H24N2O3. The average molecular weight is 292 g/mol. The molecule has 5 heteroatoms. The lowest BCUT2D eigenvalue weighted by Gasteiger charge is -2.39. The molecule has 21 heavy (non-hydrogen) atoms. The molecule has 116 valence electrons. The van der Waals surface area contributed by atoms with Crippen LogP contribution in [0.5, 0.6) is 0 Å². The van der Waals surface area contributed by atoms with Gasteiger partial charge in [0, 0.05) is 12.2 Å². The number of aliphatic hydroxyl groups is 1. The van der Waals surface area contributed by atoms with Crippen molar-refractivity contribution in [2.45, 2.75) is 26.7 Å². The maximum absolute atomic E-state index is 11.9. The van der Waals surface area contributed by atoms with Gasteiger partial charge in [0.15, 0.2) is 0 Å². The van der Waals surface area contributed by atoms with E-state index in [1.165, 1.54) is 11.1 Å². The Bertz CT molecular complexity index is 493. The van der Waals surface area contributed by atoms with Crippen molar-refractivity contribution in [2.75, 3.05) is 31.7 Å². The number of rotatable bonds is 6. The van der Waals surface area contributed by atoms with E-state index in [1.54, 1.807) is 0 Å². The first-order valence-electron chi connectivity index (χ1n) is 7.47. The van der Waals surface area contributed by atoms with Gasteiger partial charge in [-0.1, -0.05) is 19.9 Å². The Morgan fingerprint density at radius 1 is 1.29 bits per heavy atom. The van der Waals surface area contributed by atoms with Crippen LogP contribution in [0.3, 0.4) is 0 Å². The first-order valence-corrected chi connectivity index (χ1v) is 7.47. The number of carbonyl (C=O) groups excluding carboxylic acids is 1. The number of ether oxygens (including phenoxy) is 1. The first-order chi connectivity index (χ1) is 10.1. The molecular weight excluding hydrogens is 268 g/mol. The fraction of sp³-hybridized carbons (Fsp3) is 0.562. The topological polar surface area (TPSA) is 70.6 Å². The highest BCUT2D eigenvalue weighted by molar-refractivity contribution is 5.89. The van der Waals surface area contributed by atoms with Crippen LogP contribution in [0.15, 0.2) is 18.2 Å². The molecule has 0 radical (unpaired) electrons. The Kier molecular flexibility index (Phi) is 5.20. The summed E-state index contributed by atoms with van der Waals surface area (Å²) in [5, 5.41) is 15.0. The van der Waals surface area contributed by atoms with Crippen LogP contribution in [-0.2, 0) is 17.6 Å². The van der Waals surface area contributed by atoms with Crippen LogP contribution in [0.25, 0.3) is 0 Å². The molecule has 0 spiro atoms. The molecule has 1 fully saturated rings. The maximum atomic E-state index is 11.9. The molecule has 3 N–H and O–H groups in total. The second kappa shape index (κ2) is 6.91. The summed E-state index contributed by atoms with van der Waals surface area (Å²) in [4.78, 5) is 11.9. The smallest absolute Gasteiger partial charge is 0.319 e. The van der Waals surface area contributed by atoms with E-state index in [2.05, 4.69) is 30.5 Å². The van der Waals surface area contributed by atoms with Crippen molar-refractivity contribution >= 4 is 11.7 Å². The number of urea groups is 1. The Hall–Kier alpha value is -1.59. The number of benzene rings is 1. The number of aliphatic hydroxyl groups excluding tert-OH is 1. The minimum Gasteiger partial charge on any atom is -0.396 e. The van der Waals surface area contributed by atoms with Crippen LogP contribution in [0.2, 0.25) is 0 Å². The van der Waals surface area contributed by atoms with Crippen molar-refractivity contribution in [2.24, 2.45) is 5.41 Å². The second-order valence-corrected chi connectivity index (χ2v) is 5.65. The van der Waals surface area contributed by atoms with Crippen molar-refractivity contribution in [1.82, 2.24) is 5.32 Å². The molecule has 0 aromatic heterocycles. The van der Waals surface area contributed by atoms with E-state index < -0.39 is 0 Å². The zero-order chi connectivity index (χ0) is 15.3. The fourth-order valence-corrected chi connectivity index (χ4v) is 2.46. The van der Waals surface area contributed by atoms with Gasteiger partial charge in [0.25, 0.3) is 0 Å². The molecule has 0 saturated carbocycles. The normalized spacial score (nSPS) is 16.1. The van der Waals surface area contributed by atoms with Crippen LogP contribution in [0.4, 0.5) is 10.5 Å². The molecule has 0 aliphatic carbocycles. The van der Waals surface area contributed by atoms with Crippen molar-refractivity contribution in [3.05, 3.63) is 29.3 Å². The monoisotopic (exact) mass is 292 g/mol. The van der Waals surface area contributed by atoms with E-state index >= 15 is 0 Å². The quantitative estimate of drug-likeness (QED) is 0.750. The standard InChI is InChI=1S/C16H24N2O3/c1-3-12-5-6-14(7-13(12)4-2)18-15(20)17-8-16(9-19)10-21-11-16/h5-7,19H,3-4,8-11H2,1-2H3,(H2,17,18,20). The Morgan fingerprint density at radius 2 is 2.00 bits per heavy atom. The Labute approximate surface area is 125 Å². The Balaban J connectivity index is 1.90. The van der Waals surface area contributed by atoms with Gasteiger partial charge in [-0.15, -0.1) is 0 Å². The van der Waals surface area contributed by atoms with Crippen molar-refractivity contribution in [1.29, 1.82) is 0 Å². The maximum Gasteiger partial charge on any atom is 0.319 e. The highest BCUT2D eigenvalue weighted by Gasteiger charge is 2.38. The number of carbonyl (C=O) groups is 1. The lowest BCUT2D eigenvalue weighted by atomic mass is 9.87. The predicted octanol–water partition coefficient (Wildman–Crippen LogP) is 1.94. The van der Waals surface area contributed by atoms with E-state index in [1.807, 2.05) is 12.1 Å². The molecule has 1 saturated heterocycles. The number of hydrogen-bond donors (Lipinski definition) is 3. The number of nitrogens with one attached hydrogen (secondary N) is 2. The third kappa shape index (κ3) is 3.74. The summed E-state index contributed by atoms with van der Waals surface area (Å²) in [6.45, 7) is 5.68. The molecule has 0 bridgehead atoms. The molecule has 2 amide bonds. The van der Waals surface area contributed by atoms with Gasteiger partial charge in [-0.3, -0.25) is 0 Å². The second-order valence-electron chi connectivity index (χ2n) is 5.65. The van der Waals surface area contributed by atoms with Crippen LogP contribution in [0.1, 0.15) is 25.0 Å². The van der Waals surface area contributed by atoms with Crippen LogP contribution >= 0.6 is 0 Å². The average Bonchev–Trinajstić information content (AvgIpc) is 2.46. The van der Waals surface area contributed by atoms with E-state index in [-0.39, 0.29) is 18.1 Å². The molecule has 0 atom stereocenters. The third-order valence-corrected chi connectivity index (χ3v) is 4.00. The first kappa shape index (κ1) is 15.8. The van der Waals surface area contributed by atoms with Crippen LogP contribution in [-0.4, -0.2) is 37.5 Å². The number of anilines is 1. The number of aryl methyl sites for hydroxylation is 2. The van der Waals surface area contributed by atoms with E-state index in [0.717, 1.165) is 18.5 Å². The zero-order valence-electron chi connectivity index (χ0n) is 12.7. The molecule has 1 heterocycles. The van der Waals surface area contributed by atoms with Gasteiger partial charge >= 0.3 is 6.03 Å². The summed E-state index contributed by atoms with van der Waals surface area (Å²) in [5.41, 5.74) is 3.06. The van der Waals surface area contributed by atoms with Crippen LogP contribution in [0, 0.1) is 5.41 Å². The van der Waals surface area contributed by atoms with Gasteiger partial charge in [-0.05, 0) is 36.1 Å². The van der Waals surface area contributed by atoms with E-state index in [0.29, 0.717) is 19.8 Å². The number of hydrogen-bond acceptors (Lipinski definition) is 3. The lowest BCUT2D eigenvalue weighted by molar-refractivity contribution is -0.132. The highest BCUT2D eigenvalue weighted by atomic mass is 16.5. The van der Waals surface area contributed by atoms with Crippen LogP contribution < -0.4 is 10.6 Å². The Morgan fingerprint density at radius 3 is 2.52 bits per heavy atom. The molecule has 1 aromatic rings. The molecule has 1 aliphatic heterocycles. The lowest BCUT2D eigenvalue weighted by Crippen LogP contribution is -2.53. The van der Waals surface area contributed by atoms with Gasteiger partial charge in [0.2, 0.25) is 0 Å². The van der Waals surface area contributed by atoms with Gasteiger partial charge < -0.3 is 20.5 Å². The summed E-state index contributed by atoms with van der Waals surface area (Å²) in [5.74, 6) is 0. The molecule has 5 nitrogen and oxygen atoms in total. The SMILES string of the molecule is CCc1ccc(NC(=O)NCC2(CO)COC2)cc1CC. The molecule has 2 rings (SSSR count). The predicted molar refractivity (Wildman–Crippen MR) is 82.6 cm³/mol. The zero-order valence-corrected chi connectivity index (χ0v) is 12.7. The van der Waals surface area contributed by atoms with Gasteiger partial charge in [0.1, 0.15) is 0 Å². The summed E-state index contributed by atoms with van der Waals surface area (Å²) < 4.78 is 5.10. The summed E-state index contributed by atoms with van der Waals surface area (Å²) in [6.07, 6.45) is 1.94. The van der Waals surface area contributed by atoms with Gasteiger partial charge in [-0.2, -0.15) is 0 Å². The van der Waals surface area contributed by atoms with Crippen molar-refractivity contribution in [3.63, 3.8) is 0 Å². The van der Waals surface area contributed by atoms with E-state index in [9.17, 15) is 9.90 Å². The minimum atomic E-state index is -0.308. The van der Waals surface area contributed by atoms with Crippen molar-refractivity contribution in [3.8, 4) is 0 Å². The number of amides is 2. The third-order valence-electron chi connectivity index (χ3n) is 4.00. The summed E-state index contributed by atoms with van der Waals surface area (Å²) in [7, 11) is 0. The minimum absolute atomic E-state index is 0.0262. The molecule has 0 unspecified atom stereocenters. The summed E-state index contributed by atoms with van der Waals surface area (Å²) >= 11 is 0. The van der Waals surface area contributed by atoms with E-state index in [4.69, 9.17) is 4.74 Å². The largest absolute Gasteiger partial charge is 0.396 e. The fourth-order valence-electron chi connectivity index (χ4n) is 2.46. The highest BCUT2D eigenvalue weighted by Crippen LogP contribution is 2.25.